The van der Waals surface area contributed by atoms with Gasteiger partial charge in [-0.25, -0.2) is 5.43 Å². The largest absolute Gasteiger partial charge is 0.507 e. The van der Waals surface area contributed by atoms with Gasteiger partial charge in [0.2, 0.25) is 0 Å². The predicted molar refractivity (Wildman–Crippen MR) is 74.6 cm³/mol. The summed E-state index contributed by atoms with van der Waals surface area (Å²) in [5, 5.41) is 12.7. The van der Waals surface area contributed by atoms with Crippen molar-refractivity contribution in [3.63, 3.8) is 0 Å². The van der Waals surface area contributed by atoms with Crippen LogP contribution < -0.4 is 5.43 Å². The maximum Gasteiger partial charge on any atom is 0.435 e. The first-order valence-electron chi connectivity index (χ1n) is 6.18. The van der Waals surface area contributed by atoms with E-state index in [1.807, 2.05) is 5.43 Å². The van der Waals surface area contributed by atoms with E-state index < -0.39 is 29.1 Å². The van der Waals surface area contributed by atoms with E-state index in [0.29, 0.717) is 0 Å². The Morgan fingerprint density at radius 3 is 2.18 bits per heavy atom. The van der Waals surface area contributed by atoms with E-state index in [1.165, 1.54) is 24.3 Å². The molecule has 0 spiro atoms. The highest BCUT2D eigenvalue weighted by atomic mass is 19.4. The molecule has 0 aliphatic heterocycles. The number of aromatic hydroxyl groups is 1. The lowest BCUT2D eigenvalue weighted by Gasteiger charge is -2.12. The van der Waals surface area contributed by atoms with Gasteiger partial charge in [0, 0.05) is 11.1 Å². The molecule has 0 aliphatic rings. The average Bonchev–Trinajstić information content (AvgIpc) is 2.48. The molecule has 0 saturated heterocycles. The van der Waals surface area contributed by atoms with Crippen molar-refractivity contribution in [2.24, 2.45) is 5.10 Å². The molecule has 2 aromatic rings. The van der Waals surface area contributed by atoms with E-state index in [9.17, 15) is 23.1 Å². The maximum atomic E-state index is 13.0. The van der Waals surface area contributed by atoms with Crippen molar-refractivity contribution >= 4 is 11.6 Å². The van der Waals surface area contributed by atoms with Crippen LogP contribution in [0.1, 0.15) is 15.9 Å². The first-order valence-corrected chi connectivity index (χ1v) is 6.18. The number of hydrazone groups is 1. The molecule has 0 heterocycles. The molecule has 0 bridgehead atoms. The number of phenols is 1. The average molecular weight is 308 g/mol. The Hall–Kier alpha value is -2.83. The highest BCUT2D eigenvalue weighted by Gasteiger charge is 2.38. The molecule has 2 N–H and O–H groups in total. The van der Waals surface area contributed by atoms with Gasteiger partial charge < -0.3 is 5.11 Å². The van der Waals surface area contributed by atoms with Gasteiger partial charge in [-0.2, -0.15) is 18.3 Å². The highest BCUT2D eigenvalue weighted by Crippen LogP contribution is 2.27. The molecule has 0 radical (unpaired) electrons. The zero-order chi connectivity index (χ0) is 16.2. The number of nitrogens with zero attached hydrogens (tertiary/aromatic N) is 1. The van der Waals surface area contributed by atoms with Crippen molar-refractivity contribution in [1.82, 2.24) is 5.43 Å². The number of rotatable bonds is 3. The molecule has 22 heavy (non-hydrogen) atoms. The molecular formula is C15H11F3N2O2. The molecule has 2 rings (SSSR count). The van der Waals surface area contributed by atoms with Gasteiger partial charge in [0.1, 0.15) is 5.75 Å². The number of alkyl halides is 3. The number of phenolic OH excluding ortho intramolecular Hbond substituents is 1. The molecule has 0 fully saturated rings. The van der Waals surface area contributed by atoms with Gasteiger partial charge in [-0.1, -0.05) is 30.3 Å². The molecule has 0 unspecified atom stereocenters. The highest BCUT2D eigenvalue weighted by molar-refractivity contribution is 6.07. The fraction of sp³-hybridized carbons (Fsp3) is 0.0667. The second kappa shape index (κ2) is 6.30. The lowest BCUT2D eigenvalue weighted by Crippen LogP contribution is -2.29. The van der Waals surface area contributed by atoms with Gasteiger partial charge in [0.15, 0.2) is 5.71 Å². The topological polar surface area (TPSA) is 61.7 Å². The lowest BCUT2D eigenvalue weighted by molar-refractivity contribution is -0.0584. The van der Waals surface area contributed by atoms with Crippen LogP contribution in [0.3, 0.4) is 0 Å². The van der Waals surface area contributed by atoms with Crippen molar-refractivity contribution in [2.45, 2.75) is 6.18 Å². The predicted octanol–water partition coefficient (Wildman–Crippen LogP) is 3.09. The summed E-state index contributed by atoms with van der Waals surface area (Å²) in [5.41, 5.74) is 0.130. The molecule has 0 aromatic heterocycles. The van der Waals surface area contributed by atoms with Crippen LogP contribution >= 0.6 is 0 Å². The minimum Gasteiger partial charge on any atom is -0.507 e. The molecule has 0 aliphatic carbocycles. The van der Waals surface area contributed by atoms with Gasteiger partial charge in [-0.15, -0.1) is 0 Å². The van der Waals surface area contributed by atoms with Gasteiger partial charge in [-0.05, 0) is 24.3 Å². The molecule has 114 valence electrons. The van der Waals surface area contributed by atoms with Crippen LogP contribution in [0.25, 0.3) is 0 Å². The SMILES string of the molecule is O=C(N/N=C(/c1ccccc1O)C(F)(F)F)c1ccccc1. The van der Waals surface area contributed by atoms with E-state index in [-0.39, 0.29) is 5.56 Å². The number of carbonyl (C=O) groups excluding carboxylic acids is 1. The maximum absolute atomic E-state index is 13.0. The van der Waals surface area contributed by atoms with E-state index >= 15 is 0 Å². The Morgan fingerprint density at radius 2 is 1.59 bits per heavy atom. The number of amides is 1. The van der Waals surface area contributed by atoms with Crippen LogP contribution in [0.2, 0.25) is 0 Å². The summed E-state index contributed by atoms with van der Waals surface area (Å²) in [5.74, 6) is -1.36. The second-order valence-corrected chi connectivity index (χ2v) is 4.28. The fourth-order valence-electron chi connectivity index (χ4n) is 1.71. The van der Waals surface area contributed by atoms with Crippen LogP contribution in [0.15, 0.2) is 59.7 Å². The smallest absolute Gasteiger partial charge is 0.435 e. The van der Waals surface area contributed by atoms with Crippen molar-refractivity contribution in [2.75, 3.05) is 0 Å². The Labute approximate surface area is 123 Å². The van der Waals surface area contributed by atoms with Crippen molar-refractivity contribution in [1.29, 1.82) is 0 Å². The first-order chi connectivity index (χ1) is 10.4. The third kappa shape index (κ3) is 3.63. The normalized spacial score (nSPS) is 12.0. The molecule has 0 atom stereocenters. The summed E-state index contributed by atoms with van der Waals surface area (Å²) in [6.07, 6.45) is -4.83. The van der Waals surface area contributed by atoms with Gasteiger partial charge in [0.25, 0.3) is 5.91 Å². The van der Waals surface area contributed by atoms with Gasteiger partial charge >= 0.3 is 6.18 Å². The molecule has 2 aromatic carbocycles. The fourth-order valence-corrected chi connectivity index (χ4v) is 1.71. The summed E-state index contributed by atoms with van der Waals surface area (Å²) >= 11 is 0. The van der Waals surface area contributed by atoms with E-state index in [2.05, 4.69) is 5.10 Å². The summed E-state index contributed by atoms with van der Waals surface area (Å²) in [4.78, 5) is 11.7. The van der Waals surface area contributed by atoms with E-state index in [4.69, 9.17) is 0 Å². The summed E-state index contributed by atoms with van der Waals surface area (Å²) in [6, 6.07) is 12.6. The van der Waals surface area contributed by atoms with E-state index in [1.54, 1.807) is 18.2 Å². The van der Waals surface area contributed by atoms with Gasteiger partial charge in [0.05, 0.1) is 0 Å². The standard InChI is InChI=1S/C15H11F3N2O2/c16-15(17,18)13(11-8-4-5-9-12(11)21)19-20-14(22)10-6-2-1-3-7-10/h1-9,21H,(H,20,22)/b19-13-. The minimum atomic E-state index is -4.83. The third-order valence-corrected chi connectivity index (χ3v) is 2.73. The van der Waals surface area contributed by atoms with Gasteiger partial charge in [-0.3, -0.25) is 4.79 Å². The Balaban J connectivity index is 2.31. The minimum absolute atomic E-state index is 0.171. The van der Waals surface area contributed by atoms with Crippen LogP contribution in [0, 0.1) is 0 Å². The van der Waals surface area contributed by atoms with E-state index in [0.717, 1.165) is 12.1 Å². The van der Waals surface area contributed by atoms with Crippen molar-refractivity contribution in [3.8, 4) is 5.75 Å². The number of hydrogen-bond donors (Lipinski definition) is 2. The van der Waals surface area contributed by atoms with Crippen molar-refractivity contribution < 1.29 is 23.1 Å². The molecular weight excluding hydrogens is 297 g/mol. The zero-order valence-electron chi connectivity index (χ0n) is 11.1. The molecule has 4 nitrogen and oxygen atoms in total. The monoisotopic (exact) mass is 308 g/mol. The zero-order valence-corrected chi connectivity index (χ0v) is 11.1. The molecule has 0 saturated carbocycles. The third-order valence-electron chi connectivity index (χ3n) is 2.73. The quantitative estimate of drug-likeness (QED) is 0.676. The number of para-hydroxylation sites is 1. The Kier molecular flexibility index (Phi) is 4.45. The van der Waals surface area contributed by atoms with Crippen LogP contribution in [-0.4, -0.2) is 22.9 Å². The van der Waals surface area contributed by atoms with Crippen LogP contribution in [-0.2, 0) is 0 Å². The number of halogens is 3. The summed E-state index contributed by atoms with van der Waals surface area (Å²) in [7, 11) is 0. The number of benzene rings is 2. The number of carbonyl (C=O) groups is 1. The summed E-state index contributed by atoms with van der Waals surface area (Å²) < 4.78 is 39.1. The number of hydrogen-bond acceptors (Lipinski definition) is 3. The summed E-state index contributed by atoms with van der Waals surface area (Å²) in [6.45, 7) is 0. The Morgan fingerprint density at radius 1 is 1.00 bits per heavy atom. The first kappa shape index (κ1) is 15.6. The van der Waals surface area contributed by atoms with Crippen LogP contribution in [0.4, 0.5) is 13.2 Å². The Bertz CT molecular complexity index is 697. The lowest BCUT2D eigenvalue weighted by atomic mass is 10.1. The van der Waals surface area contributed by atoms with Crippen LogP contribution in [0.5, 0.6) is 5.75 Å². The van der Waals surface area contributed by atoms with Crippen molar-refractivity contribution in [3.05, 3.63) is 65.7 Å². The number of nitrogens with one attached hydrogen (secondary N) is 1. The molecule has 1 amide bonds. The second-order valence-electron chi connectivity index (χ2n) is 4.28. The molecule has 7 heteroatoms.